The van der Waals surface area contributed by atoms with Crippen molar-refractivity contribution in [3.63, 3.8) is 0 Å². The van der Waals surface area contributed by atoms with Gasteiger partial charge in [0.25, 0.3) is 5.91 Å². The van der Waals surface area contributed by atoms with Gasteiger partial charge in [-0.3, -0.25) is 15.1 Å². The third kappa shape index (κ3) is 5.58. The minimum atomic E-state index is -1.11. The summed E-state index contributed by atoms with van der Waals surface area (Å²) in [4.78, 5) is 21.1. The molecule has 1 amide bonds. The summed E-state index contributed by atoms with van der Waals surface area (Å²) in [6.07, 6.45) is 1.64. The zero-order valence-electron chi connectivity index (χ0n) is 15.4. The summed E-state index contributed by atoms with van der Waals surface area (Å²) >= 11 is 5.98. The number of halogens is 3. The Morgan fingerprint density at radius 2 is 1.93 bits per heavy atom. The number of pyridine rings is 1. The van der Waals surface area contributed by atoms with E-state index < -0.39 is 17.5 Å². The highest BCUT2D eigenvalue weighted by atomic mass is 35.5. The Bertz CT molecular complexity index is 1060. The Labute approximate surface area is 171 Å². The molecule has 0 aliphatic rings. The second-order valence-corrected chi connectivity index (χ2v) is 6.59. The zero-order valence-corrected chi connectivity index (χ0v) is 16.2. The van der Waals surface area contributed by atoms with Crippen molar-refractivity contribution in [2.45, 2.75) is 13.5 Å². The molecule has 0 saturated carbocycles. The van der Waals surface area contributed by atoms with Gasteiger partial charge < -0.3 is 5.32 Å². The van der Waals surface area contributed by atoms with Crippen molar-refractivity contribution in [1.82, 2.24) is 10.3 Å². The quantitative estimate of drug-likeness (QED) is 0.479. The van der Waals surface area contributed by atoms with Gasteiger partial charge in [-0.25, -0.2) is 13.8 Å². The van der Waals surface area contributed by atoms with Crippen LogP contribution in [0.4, 0.5) is 14.5 Å². The Morgan fingerprint density at radius 1 is 1.10 bits per heavy atom. The Balaban J connectivity index is 1.84. The van der Waals surface area contributed by atoms with E-state index in [1.54, 1.807) is 36.5 Å². The van der Waals surface area contributed by atoms with Crippen molar-refractivity contribution in [3.8, 4) is 0 Å². The fraction of sp³-hybridized carbons (Fsp3) is 0.0952. The predicted molar refractivity (Wildman–Crippen MR) is 109 cm³/mol. The van der Waals surface area contributed by atoms with Gasteiger partial charge in [0.2, 0.25) is 5.96 Å². The van der Waals surface area contributed by atoms with Crippen molar-refractivity contribution < 1.29 is 13.6 Å². The molecule has 2 aromatic carbocycles. The highest BCUT2D eigenvalue weighted by molar-refractivity contribution is 6.30. The number of anilines is 1. The molecule has 0 saturated heterocycles. The minimum Gasteiger partial charge on any atom is -0.326 e. The van der Waals surface area contributed by atoms with E-state index in [-0.39, 0.29) is 18.1 Å². The van der Waals surface area contributed by atoms with Crippen molar-refractivity contribution in [2.24, 2.45) is 4.99 Å². The van der Waals surface area contributed by atoms with Crippen LogP contribution >= 0.6 is 11.6 Å². The van der Waals surface area contributed by atoms with Crippen LogP contribution in [-0.4, -0.2) is 16.9 Å². The van der Waals surface area contributed by atoms with Gasteiger partial charge in [-0.15, -0.1) is 0 Å². The van der Waals surface area contributed by atoms with Crippen LogP contribution in [-0.2, 0) is 6.54 Å². The standard InChI is InChI=1S/C21H17ClF2N4O/c1-13-10-15(22)6-8-19(13)27-21(26-12-16-4-2-3-9-25-16)28-20(29)14-5-7-17(23)18(24)11-14/h2-11H,12H2,1H3,(H2,26,27,28,29). The highest BCUT2D eigenvalue weighted by Crippen LogP contribution is 2.19. The fourth-order valence-corrected chi connectivity index (χ4v) is 2.70. The summed E-state index contributed by atoms with van der Waals surface area (Å²) in [6.45, 7) is 2.05. The molecular weight excluding hydrogens is 398 g/mol. The number of benzene rings is 2. The van der Waals surface area contributed by atoms with Crippen LogP contribution in [0.1, 0.15) is 21.6 Å². The average molecular weight is 415 g/mol. The minimum absolute atomic E-state index is 0.0379. The molecule has 0 atom stereocenters. The van der Waals surface area contributed by atoms with Gasteiger partial charge in [-0.1, -0.05) is 17.7 Å². The lowest BCUT2D eigenvalue weighted by molar-refractivity contribution is 0.0976. The largest absolute Gasteiger partial charge is 0.326 e. The van der Waals surface area contributed by atoms with Gasteiger partial charge in [0, 0.05) is 22.5 Å². The normalized spacial score (nSPS) is 11.2. The first-order valence-electron chi connectivity index (χ1n) is 8.66. The predicted octanol–water partition coefficient (Wildman–Crippen LogP) is 4.72. The summed E-state index contributed by atoms with van der Waals surface area (Å²) < 4.78 is 26.6. The average Bonchev–Trinajstić information content (AvgIpc) is 2.71. The number of amides is 1. The molecule has 0 aliphatic heterocycles. The molecule has 148 valence electrons. The molecule has 29 heavy (non-hydrogen) atoms. The van der Waals surface area contributed by atoms with E-state index in [0.717, 1.165) is 17.7 Å². The molecule has 1 aromatic heterocycles. The first-order valence-corrected chi connectivity index (χ1v) is 9.04. The maximum atomic E-state index is 13.5. The summed E-state index contributed by atoms with van der Waals surface area (Å²) in [6, 6.07) is 13.5. The third-order valence-corrected chi connectivity index (χ3v) is 4.22. The molecule has 5 nitrogen and oxygen atoms in total. The Hall–Kier alpha value is -3.32. The van der Waals surface area contributed by atoms with Gasteiger partial charge in [-0.2, -0.15) is 0 Å². The van der Waals surface area contributed by atoms with E-state index in [2.05, 4.69) is 20.6 Å². The number of aromatic nitrogens is 1. The van der Waals surface area contributed by atoms with E-state index in [1.807, 2.05) is 13.0 Å². The monoisotopic (exact) mass is 414 g/mol. The van der Waals surface area contributed by atoms with Gasteiger partial charge in [0.15, 0.2) is 11.6 Å². The zero-order chi connectivity index (χ0) is 20.8. The lowest BCUT2D eigenvalue weighted by atomic mass is 10.2. The lowest BCUT2D eigenvalue weighted by Gasteiger charge is -2.14. The van der Waals surface area contributed by atoms with Crippen molar-refractivity contribution >= 4 is 29.2 Å². The lowest BCUT2D eigenvalue weighted by Crippen LogP contribution is -2.36. The van der Waals surface area contributed by atoms with Gasteiger partial charge >= 0.3 is 0 Å². The maximum absolute atomic E-state index is 13.5. The molecule has 0 radical (unpaired) electrons. The molecule has 0 bridgehead atoms. The van der Waals surface area contributed by atoms with Crippen LogP contribution in [0, 0.1) is 18.6 Å². The summed E-state index contributed by atoms with van der Waals surface area (Å²) in [5.74, 6) is -2.63. The number of carbonyl (C=O) groups is 1. The number of guanidine groups is 1. The van der Waals surface area contributed by atoms with Crippen LogP contribution in [0.15, 0.2) is 65.8 Å². The summed E-state index contributed by atoms with van der Waals surface area (Å²) in [5, 5.41) is 6.20. The number of carbonyl (C=O) groups excluding carboxylic acids is 1. The second-order valence-electron chi connectivity index (χ2n) is 6.15. The van der Waals surface area contributed by atoms with E-state index in [1.165, 1.54) is 6.07 Å². The van der Waals surface area contributed by atoms with Crippen molar-refractivity contribution in [2.75, 3.05) is 5.32 Å². The topological polar surface area (TPSA) is 66.4 Å². The second kappa shape index (κ2) is 9.25. The van der Waals surface area contributed by atoms with Crippen LogP contribution < -0.4 is 10.6 Å². The molecule has 8 heteroatoms. The van der Waals surface area contributed by atoms with Crippen LogP contribution in [0.3, 0.4) is 0 Å². The van der Waals surface area contributed by atoms with Gasteiger partial charge in [0.1, 0.15) is 0 Å². The number of hydrogen-bond donors (Lipinski definition) is 2. The smallest absolute Gasteiger partial charge is 0.258 e. The number of aliphatic imine (C=N–C) groups is 1. The number of nitrogens with one attached hydrogen (secondary N) is 2. The summed E-state index contributed by atoms with van der Waals surface area (Å²) in [7, 11) is 0. The molecule has 0 spiro atoms. The van der Waals surface area contributed by atoms with E-state index in [0.29, 0.717) is 16.4 Å². The molecule has 0 aliphatic carbocycles. The molecule has 3 rings (SSSR count). The van der Waals surface area contributed by atoms with Crippen LogP contribution in [0.5, 0.6) is 0 Å². The van der Waals surface area contributed by atoms with Crippen LogP contribution in [0.2, 0.25) is 5.02 Å². The SMILES string of the molecule is Cc1cc(Cl)ccc1NC(=NCc1ccccn1)NC(=O)c1ccc(F)c(F)c1. The van der Waals surface area contributed by atoms with Crippen molar-refractivity contribution in [3.05, 3.63) is 94.3 Å². The van der Waals surface area contributed by atoms with E-state index in [9.17, 15) is 13.6 Å². The summed E-state index contributed by atoms with van der Waals surface area (Å²) in [5.41, 5.74) is 2.18. The number of rotatable bonds is 4. The third-order valence-electron chi connectivity index (χ3n) is 3.98. The first kappa shape index (κ1) is 20.4. The molecule has 2 N–H and O–H groups in total. The molecule has 0 unspecified atom stereocenters. The number of aryl methyl sites for hydroxylation is 1. The van der Waals surface area contributed by atoms with Gasteiger partial charge in [0.05, 0.1) is 12.2 Å². The van der Waals surface area contributed by atoms with E-state index >= 15 is 0 Å². The maximum Gasteiger partial charge on any atom is 0.258 e. The van der Waals surface area contributed by atoms with Crippen LogP contribution in [0.25, 0.3) is 0 Å². The van der Waals surface area contributed by atoms with E-state index in [4.69, 9.17) is 11.6 Å². The number of nitrogens with zero attached hydrogens (tertiary/aromatic N) is 2. The Kier molecular flexibility index (Phi) is 6.51. The number of hydrogen-bond acceptors (Lipinski definition) is 3. The fourth-order valence-electron chi connectivity index (χ4n) is 2.47. The molecule has 0 fully saturated rings. The molecule has 3 aromatic rings. The first-order chi connectivity index (χ1) is 13.9. The Morgan fingerprint density at radius 3 is 2.62 bits per heavy atom. The van der Waals surface area contributed by atoms with Crippen molar-refractivity contribution in [1.29, 1.82) is 0 Å². The highest BCUT2D eigenvalue weighted by Gasteiger charge is 2.13. The van der Waals surface area contributed by atoms with Gasteiger partial charge in [-0.05, 0) is 61.0 Å². The molecule has 1 heterocycles. The molecular formula is C21H17ClF2N4O.